The third-order valence-corrected chi connectivity index (χ3v) is 3.81. The van der Waals surface area contributed by atoms with Crippen LogP contribution in [-0.4, -0.2) is 6.54 Å². The lowest BCUT2D eigenvalue weighted by Gasteiger charge is -2.10. The third-order valence-electron chi connectivity index (χ3n) is 3.81. The van der Waals surface area contributed by atoms with Gasteiger partial charge in [-0.2, -0.15) is 0 Å². The molecule has 0 unspecified atom stereocenters. The van der Waals surface area contributed by atoms with Gasteiger partial charge in [-0.3, -0.25) is 0 Å². The molecule has 1 aromatic rings. The van der Waals surface area contributed by atoms with Crippen molar-refractivity contribution >= 4 is 0 Å². The van der Waals surface area contributed by atoms with E-state index in [-0.39, 0.29) is 0 Å². The van der Waals surface area contributed by atoms with Gasteiger partial charge < -0.3 is 5.32 Å². The van der Waals surface area contributed by atoms with Gasteiger partial charge in [-0.1, -0.05) is 55.0 Å². The van der Waals surface area contributed by atoms with Crippen LogP contribution >= 0.6 is 0 Å². The van der Waals surface area contributed by atoms with E-state index in [4.69, 9.17) is 0 Å². The van der Waals surface area contributed by atoms with Crippen LogP contribution in [0.1, 0.15) is 48.8 Å². The second kappa shape index (κ2) is 6.20. The van der Waals surface area contributed by atoms with Crippen molar-refractivity contribution in [2.75, 3.05) is 6.54 Å². The molecule has 0 amide bonds. The summed E-state index contributed by atoms with van der Waals surface area (Å²) in [4.78, 5) is 0. The SMILES string of the molecule is Cc1cc(C)cc(CNCCC2CCCC2)c1. The first kappa shape index (κ1) is 12.6. The van der Waals surface area contributed by atoms with Crippen LogP contribution in [0.2, 0.25) is 0 Å². The Hall–Kier alpha value is -0.820. The molecule has 0 saturated heterocycles. The smallest absolute Gasteiger partial charge is 0.0205 e. The Morgan fingerprint density at radius 3 is 2.35 bits per heavy atom. The standard InChI is InChI=1S/C16H25N/c1-13-9-14(2)11-16(10-13)12-17-8-7-15-5-3-4-6-15/h9-11,15,17H,3-8,12H2,1-2H3. The molecule has 17 heavy (non-hydrogen) atoms. The normalized spacial score (nSPS) is 16.6. The Morgan fingerprint density at radius 2 is 1.71 bits per heavy atom. The Balaban J connectivity index is 1.70. The van der Waals surface area contributed by atoms with E-state index in [9.17, 15) is 0 Å². The lowest BCUT2D eigenvalue weighted by molar-refractivity contribution is 0.477. The first-order valence-electron chi connectivity index (χ1n) is 7.02. The van der Waals surface area contributed by atoms with Crippen molar-refractivity contribution in [1.29, 1.82) is 0 Å². The second-order valence-corrected chi connectivity index (χ2v) is 5.61. The molecule has 1 saturated carbocycles. The van der Waals surface area contributed by atoms with E-state index in [1.807, 2.05) is 0 Å². The molecular formula is C16H25N. The van der Waals surface area contributed by atoms with Crippen molar-refractivity contribution in [2.45, 2.75) is 52.5 Å². The van der Waals surface area contributed by atoms with Gasteiger partial charge in [0.05, 0.1) is 0 Å². The highest BCUT2D eigenvalue weighted by Crippen LogP contribution is 2.26. The van der Waals surface area contributed by atoms with E-state index >= 15 is 0 Å². The van der Waals surface area contributed by atoms with Crippen LogP contribution in [0.3, 0.4) is 0 Å². The predicted octanol–water partition coefficient (Wildman–Crippen LogP) is 3.97. The van der Waals surface area contributed by atoms with E-state index in [2.05, 4.69) is 37.4 Å². The molecular weight excluding hydrogens is 206 g/mol. The molecule has 1 nitrogen and oxygen atoms in total. The average molecular weight is 231 g/mol. The molecule has 0 heterocycles. The van der Waals surface area contributed by atoms with Crippen LogP contribution in [0.15, 0.2) is 18.2 Å². The summed E-state index contributed by atoms with van der Waals surface area (Å²) in [7, 11) is 0. The zero-order valence-electron chi connectivity index (χ0n) is 11.3. The molecule has 2 rings (SSSR count). The highest BCUT2D eigenvalue weighted by molar-refractivity contribution is 5.28. The average Bonchev–Trinajstić information content (AvgIpc) is 2.76. The molecule has 0 spiro atoms. The van der Waals surface area contributed by atoms with Crippen molar-refractivity contribution < 1.29 is 0 Å². The number of rotatable bonds is 5. The number of hydrogen-bond acceptors (Lipinski definition) is 1. The number of benzene rings is 1. The van der Waals surface area contributed by atoms with Gasteiger partial charge in [-0.15, -0.1) is 0 Å². The first-order valence-corrected chi connectivity index (χ1v) is 7.02. The number of nitrogens with one attached hydrogen (secondary N) is 1. The van der Waals surface area contributed by atoms with Gasteiger partial charge in [-0.25, -0.2) is 0 Å². The summed E-state index contributed by atoms with van der Waals surface area (Å²) in [5.41, 5.74) is 4.17. The van der Waals surface area contributed by atoms with Crippen LogP contribution in [-0.2, 0) is 6.54 Å². The van der Waals surface area contributed by atoms with E-state index in [1.54, 1.807) is 0 Å². The van der Waals surface area contributed by atoms with Gasteiger partial charge in [0.15, 0.2) is 0 Å². The molecule has 1 aliphatic rings. The minimum atomic E-state index is 1.00. The van der Waals surface area contributed by atoms with Crippen molar-refractivity contribution in [3.05, 3.63) is 34.9 Å². The fourth-order valence-corrected chi connectivity index (χ4v) is 3.01. The quantitative estimate of drug-likeness (QED) is 0.756. The van der Waals surface area contributed by atoms with E-state index in [1.165, 1.54) is 55.3 Å². The van der Waals surface area contributed by atoms with Crippen molar-refractivity contribution in [2.24, 2.45) is 5.92 Å². The minimum absolute atomic E-state index is 1.00. The summed E-state index contributed by atoms with van der Waals surface area (Å²) in [6, 6.07) is 6.81. The Kier molecular flexibility index (Phi) is 4.61. The van der Waals surface area contributed by atoms with Crippen LogP contribution in [0.4, 0.5) is 0 Å². The zero-order valence-corrected chi connectivity index (χ0v) is 11.3. The van der Waals surface area contributed by atoms with Crippen molar-refractivity contribution in [1.82, 2.24) is 5.32 Å². The molecule has 94 valence electrons. The highest BCUT2D eigenvalue weighted by atomic mass is 14.8. The van der Waals surface area contributed by atoms with Crippen LogP contribution in [0.5, 0.6) is 0 Å². The molecule has 1 N–H and O–H groups in total. The molecule has 0 aromatic heterocycles. The molecule has 1 heteroatoms. The predicted molar refractivity (Wildman–Crippen MR) is 74.2 cm³/mol. The fraction of sp³-hybridized carbons (Fsp3) is 0.625. The summed E-state index contributed by atoms with van der Waals surface area (Å²) >= 11 is 0. The highest BCUT2D eigenvalue weighted by Gasteiger charge is 2.13. The van der Waals surface area contributed by atoms with Crippen LogP contribution in [0, 0.1) is 19.8 Å². The van der Waals surface area contributed by atoms with Gasteiger partial charge >= 0.3 is 0 Å². The minimum Gasteiger partial charge on any atom is -0.313 e. The molecule has 0 radical (unpaired) electrons. The third kappa shape index (κ3) is 4.16. The second-order valence-electron chi connectivity index (χ2n) is 5.61. The van der Waals surface area contributed by atoms with Gasteiger partial charge in [0.25, 0.3) is 0 Å². The van der Waals surface area contributed by atoms with Crippen LogP contribution < -0.4 is 5.32 Å². The molecule has 1 aromatic carbocycles. The van der Waals surface area contributed by atoms with Gasteiger partial charge in [0.2, 0.25) is 0 Å². The summed E-state index contributed by atoms with van der Waals surface area (Å²) in [5.74, 6) is 1.00. The van der Waals surface area contributed by atoms with E-state index < -0.39 is 0 Å². The Bertz CT molecular complexity index is 330. The van der Waals surface area contributed by atoms with E-state index in [0.29, 0.717) is 0 Å². The van der Waals surface area contributed by atoms with Crippen molar-refractivity contribution in [3.8, 4) is 0 Å². The topological polar surface area (TPSA) is 12.0 Å². The maximum absolute atomic E-state index is 3.58. The lowest BCUT2D eigenvalue weighted by Crippen LogP contribution is -2.17. The first-order chi connectivity index (χ1) is 8.24. The molecule has 0 bridgehead atoms. The molecule has 1 fully saturated rings. The largest absolute Gasteiger partial charge is 0.313 e. The number of aryl methyl sites for hydroxylation is 2. The zero-order chi connectivity index (χ0) is 12.1. The van der Waals surface area contributed by atoms with Gasteiger partial charge in [-0.05, 0) is 38.3 Å². The maximum Gasteiger partial charge on any atom is 0.0205 e. The molecule has 0 atom stereocenters. The van der Waals surface area contributed by atoms with Crippen LogP contribution in [0.25, 0.3) is 0 Å². The van der Waals surface area contributed by atoms with Gasteiger partial charge in [0.1, 0.15) is 0 Å². The fourth-order valence-electron chi connectivity index (χ4n) is 3.01. The number of hydrogen-bond donors (Lipinski definition) is 1. The Morgan fingerprint density at radius 1 is 1.06 bits per heavy atom. The molecule has 1 aliphatic carbocycles. The summed E-state index contributed by atoms with van der Waals surface area (Å²) in [5, 5.41) is 3.58. The van der Waals surface area contributed by atoms with Gasteiger partial charge in [0, 0.05) is 6.54 Å². The van der Waals surface area contributed by atoms with E-state index in [0.717, 1.165) is 12.5 Å². The molecule has 0 aliphatic heterocycles. The summed E-state index contributed by atoms with van der Waals surface area (Å²) in [6.07, 6.45) is 7.21. The summed E-state index contributed by atoms with van der Waals surface area (Å²) in [6.45, 7) is 6.55. The summed E-state index contributed by atoms with van der Waals surface area (Å²) < 4.78 is 0. The van der Waals surface area contributed by atoms with Crippen molar-refractivity contribution in [3.63, 3.8) is 0 Å². The monoisotopic (exact) mass is 231 g/mol. The lowest BCUT2D eigenvalue weighted by atomic mass is 10.0. The maximum atomic E-state index is 3.58. The Labute approximate surface area is 106 Å².